The van der Waals surface area contributed by atoms with E-state index < -0.39 is 5.60 Å². The van der Waals surface area contributed by atoms with Gasteiger partial charge in [-0.15, -0.1) is 0 Å². The van der Waals surface area contributed by atoms with Crippen LogP contribution in [0.3, 0.4) is 0 Å². The largest absolute Gasteiger partial charge is 0.497 e. The molecule has 1 aliphatic rings. The number of ether oxygens (including phenoxy) is 1. The summed E-state index contributed by atoms with van der Waals surface area (Å²) in [7, 11) is 1.66. The summed E-state index contributed by atoms with van der Waals surface area (Å²) < 4.78 is 5.16. The van der Waals surface area contributed by atoms with Crippen LogP contribution < -0.4 is 4.74 Å². The number of benzene rings is 1. The summed E-state index contributed by atoms with van der Waals surface area (Å²) >= 11 is 0. The lowest BCUT2D eigenvalue weighted by Crippen LogP contribution is -2.42. The van der Waals surface area contributed by atoms with E-state index in [0.717, 1.165) is 24.2 Å². The highest BCUT2D eigenvalue weighted by Crippen LogP contribution is 2.45. The van der Waals surface area contributed by atoms with Crippen molar-refractivity contribution in [2.75, 3.05) is 7.11 Å². The predicted molar refractivity (Wildman–Crippen MR) is 69.1 cm³/mol. The van der Waals surface area contributed by atoms with Crippen LogP contribution in [0.15, 0.2) is 24.3 Å². The van der Waals surface area contributed by atoms with Gasteiger partial charge in [0.1, 0.15) is 5.75 Å². The molecule has 0 amide bonds. The van der Waals surface area contributed by atoms with Gasteiger partial charge in [-0.25, -0.2) is 0 Å². The Kier molecular flexibility index (Phi) is 3.43. The Morgan fingerprint density at radius 3 is 2.12 bits per heavy atom. The molecule has 94 valence electrons. The van der Waals surface area contributed by atoms with Gasteiger partial charge in [-0.05, 0) is 42.4 Å². The third-order valence-electron chi connectivity index (χ3n) is 4.33. The van der Waals surface area contributed by atoms with E-state index in [1.165, 1.54) is 6.42 Å². The molecule has 1 N–H and O–H groups in total. The molecule has 1 aromatic carbocycles. The zero-order chi connectivity index (χ0) is 12.5. The maximum Gasteiger partial charge on any atom is 0.118 e. The first-order valence-electron chi connectivity index (χ1n) is 6.46. The lowest BCUT2D eigenvalue weighted by atomic mass is 9.66. The van der Waals surface area contributed by atoms with E-state index in [2.05, 4.69) is 13.8 Å². The molecule has 2 atom stereocenters. The van der Waals surface area contributed by atoms with Gasteiger partial charge < -0.3 is 9.84 Å². The van der Waals surface area contributed by atoms with Gasteiger partial charge in [-0.2, -0.15) is 0 Å². The molecule has 2 nitrogen and oxygen atoms in total. The van der Waals surface area contributed by atoms with Crippen molar-refractivity contribution in [2.45, 2.75) is 38.7 Å². The van der Waals surface area contributed by atoms with Crippen LogP contribution in [-0.4, -0.2) is 12.2 Å². The van der Waals surface area contributed by atoms with E-state index in [4.69, 9.17) is 4.74 Å². The Labute approximate surface area is 104 Å². The van der Waals surface area contributed by atoms with E-state index >= 15 is 0 Å². The van der Waals surface area contributed by atoms with Crippen LogP contribution in [0.4, 0.5) is 0 Å². The van der Waals surface area contributed by atoms with Crippen molar-refractivity contribution >= 4 is 0 Å². The number of methoxy groups -OCH3 is 1. The third kappa shape index (κ3) is 2.06. The molecule has 0 radical (unpaired) electrons. The van der Waals surface area contributed by atoms with Crippen molar-refractivity contribution in [3.8, 4) is 5.75 Å². The Bertz CT molecular complexity index is 359. The summed E-state index contributed by atoms with van der Waals surface area (Å²) in [6.45, 7) is 4.31. The van der Waals surface area contributed by atoms with E-state index in [1.807, 2.05) is 24.3 Å². The van der Waals surface area contributed by atoms with Crippen LogP contribution in [0.1, 0.15) is 38.7 Å². The quantitative estimate of drug-likeness (QED) is 0.850. The van der Waals surface area contributed by atoms with Gasteiger partial charge in [0.05, 0.1) is 12.7 Å². The molecule has 0 bridgehead atoms. The summed E-state index contributed by atoms with van der Waals surface area (Å²) in [4.78, 5) is 0. The first kappa shape index (κ1) is 12.4. The van der Waals surface area contributed by atoms with Crippen molar-refractivity contribution < 1.29 is 9.84 Å². The maximum atomic E-state index is 11.0. The average molecular weight is 234 g/mol. The molecular weight excluding hydrogens is 212 g/mol. The van der Waals surface area contributed by atoms with E-state index in [0.29, 0.717) is 11.8 Å². The van der Waals surface area contributed by atoms with Crippen LogP contribution in [-0.2, 0) is 5.60 Å². The maximum absolute atomic E-state index is 11.0. The van der Waals surface area contributed by atoms with Gasteiger partial charge in [0.25, 0.3) is 0 Å². The molecule has 0 aliphatic heterocycles. The first-order chi connectivity index (χ1) is 8.09. The molecule has 0 heterocycles. The van der Waals surface area contributed by atoms with Crippen LogP contribution in [0.25, 0.3) is 0 Å². The number of hydrogen-bond acceptors (Lipinski definition) is 2. The van der Waals surface area contributed by atoms with Crippen LogP contribution in [0, 0.1) is 11.8 Å². The summed E-state index contributed by atoms with van der Waals surface area (Å²) in [5.41, 5.74) is 0.350. The second kappa shape index (κ2) is 4.69. The van der Waals surface area contributed by atoms with E-state index in [9.17, 15) is 5.11 Å². The fourth-order valence-corrected chi connectivity index (χ4v) is 3.08. The normalized spacial score (nSPS) is 27.8. The molecule has 0 aromatic heterocycles. The molecule has 1 aliphatic carbocycles. The molecule has 2 heteroatoms. The lowest BCUT2D eigenvalue weighted by molar-refractivity contribution is -0.0892. The summed E-state index contributed by atoms with van der Waals surface area (Å²) in [6.07, 6.45) is 3.43. The van der Waals surface area contributed by atoms with Crippen LogP contribution in [0.2, 0.25) is 0 Å². The Hall–Kier alpha value is -1.02. The topological polar surface area (TPSA) is 29.5 Å². The standard InChI is InChI=1S/C15H22O2/c1-11-5-4-6-12(2)15(11,16)13-7-9-14(17-3)10-8-13/h7-12,16H,4-6H2,1-3H3/t11-,12-/m1/s1. The van der Waals surface area contributed by atoms with Crippen molar-refractivity contribution in [3.05, 3.63) is 29.8 Å². The second-order valence-corrected chi connectivity index (χ2v) is 5.29. The van der Waals surface area contributed by atoms with Gasteiger partial charge in [0, 0.05) is 0 Å². The molecule has 1 saturated carbocycles. The van der Waals surface area contributed by atoms with Gasteiger partial charge in [-0.1, -0.05) is 32.4 Å². The molecule has 0 unspecified atom stereocenters. The van der Waals surface area contributed by atoms with Crippen molar-refractivity contribution in [1.29, 1.82) is 0 Å². The van der Waals surface area contributed by atoms with Crippen molar-refractivity contribution in [3.63, 3.8) is 0 Å². The third-order valence-corrected chi connectivity index (χ3v) is 4.33. The minimum atomic E-state index is -0.676. The molecule has 2 rings (SSSR count). The highest BCUT2D eigenvalue weighted by atomic mass is 16.5. The Morgan fingerprint density at radius 2 is 1.65 bits per heavy atom. The zero-order valence-corrected chi connectivity index (χ0v) is 10.9. The van der Waals surface area contributed by atoms with Crippen molar-refractivity contribution in [1.82, 2.24) is 0 Å². The van der Waals surface area contributed by atoms with Crippen LogP contribution in [0.5, 0.6) is 5.75 Å². The monoisotopic (exact) mass is 234 g/mol. The van der Waals surface area contributed by atoms with Gasteiger partial charge in [0.2, 0.25) is 0 Å². The molecular formula is C15H22O2. The van der Waals surface area contributed by atoms with E-state index in [1.54, 1.807) is 7.11 Å². The Morgan fingerprint density at radius 1 is 1.12 bits per heavy atom. The summed E-state index contributed by atoms with van der Waals surface area (Å²) in [6, 6.07) is 7.86. The van der Waals surface area contributed by atoms with Gasteiger partial charge in [-0.3, -0.25) is 0 Å². The smallest absolute Gasteiger partial charge is 0.118 e. The number of aliphatic hydroxyl groups is 1. The molecule has 0 saturated heterocycles. The summed E-state index contributed by atoms with van der Waals surface area (Å²) in [5, 5.41) is 11.0. The molecule has 1 fully saturated rings. The SMILES string of the molecule is COc1ccc(C2(O)[C@H](C)CCC[C@H]2C)cc1. The summed E-state index contributed by atoms with van der Waals surface area (Å²) in [5.74, 6) is 1.48. The molecule has 1 aromatic rings. The van der Waals surface area contributed by atoms with Crippen molar-refractivity contribution in [2.24, 2.45) is 11.8 Å². The van der Waals surface area contributed by atoms with Gasteiger partial charge in [0.15, 0.2) is 0 Å². The first-order valence-corrected chi connectivity index (χ1v) is 6.46. The minimum Gasteiger partial charge on any atom is -0.497 e. The fourth-order valence-electron chi connectivity index (χ4n) is 3.08. The predicted octanol–water partition coefficient (Wildman–Crippen LogP) is 3.34. The highest BCUT2D eigenvalue weighted by molar-refractivity contribution is 5.32. The van der Waals surface area contributed by atoms with Gasteiger partial charge >= 0.3 is 0 Å². The van der Waals surface area contributed by atoms with Crippen LogP contribution >= 0.6 is 0 Å². The van der Waals surface area contributed by atoms with E-state index in [-0.39, 0.29) is 0 Å². The zero-order valence-electron chi connectivity index (χ0n) is 10.9. The number of hydrogen-bond donors (Lipinski definition) is 1. The average Bonchev–Trinajstić information content (AvgIpc) is 2.36. The Balaban J connectivity index is 2.34. The molecule has 0 spiro atoms. The lowest BCUT2D eigenvalue weighted by Gasteiger charge is -2.43. The fraction of sp³-hybridized carbons (Fsp3) is 0.600. The molecule has 17 heavy (non-hydrogen) atoms. The minimum absolute atomic E-state index is 0.319. The highest BCUT2D eigenvalue weighted by Gasteiger charge is 2.42. The second-order valence-electron chi connectivity index (χ2n) is 5.29. The number of rotatable bonds is 2.